The largest absolute Gasteiger partial charge is 0.307 e. The molecule has 6 nitrogen and oxygen atoms in total. The number of rotatable bonds is 8. The van der Waals surface area contributed by atoms with Gasteiger partial charge in [-0.25, -0.2) is 4.98 Å². The molecule has 8 aromatic carbocycles. The van der Waals surface area contributed by atoms with Gasteiger partial charge in [-0.05, 0) is 70.3 Å². The van der Waals surface area contributed by atoms with Crippen molar-refractivity contribution < 1.29 is 4.57 Å². The summed E-state index contributed by atoms with van der Waals surface area (Å²) < 4.78 is 7.18. The molecular formula is C63H47N6+. The molecule has 0 atom stereocenters. The minimum absolute atomic E-state index is 0.168. The van der Waals surface area contributed by atoms with Crippen LogP contribution in [-0.4, -0.2) is 24.1 Å². The molecule has 1 aliphatic rings. The highest BCUT2D eigenvalue weighted by Gasteiger charge is 2.46. The molecule has 0 N–H and O–H groups in total. The van der Waals surface area contributed by atoms with Gasteiger partial charge in [-0.3, -0.25) is 4.57 Å². The van der Waals surface area contributed by atoms with Crippen LogP contribution in [0.2, 0.25) is 0 Å². The summed E-state index contributed by atoms with van der Waals surface area (Å²) in [6.45, 7) is 9.31. The SMILES string of the molecule is C=C1c2ccc(-c3ccc4c(c3)c3ccc5c6ccccc6n(-c6cccc(-c7ccccc7)c6)c5c3n4-c3nc(-c4ccccc4)nc(-c4ccccc4)n3)cc2-c2cccc[n+]2C1(CC)CC. The number of para-hydroxylation sites is 1. The molecule has 0 aliphatic carbocycles. The second kappa shape index (κ2) is 16.0. The molecule has 0 amide bonds. The Morgan fingerprint density at radius 3 is 1.71 bits per heavy atom. The van der Waals surface area contributed by atoms with Gasteiger partial charge in [-0.1, -0.05) is 172 Å². The van der Waals surface area contributed by atoms with E-state index in [1.807, 2.05) is 36.4 Å². The molecule has 5 heterocycles. The van der Waals surface area contributed by atoms with E-state index in [1.54, 1.807) is 0 Å². The van der Waals surface area contributed by atoms with Gasteiger partial charge in [0.05, 0.1) is 27.6 Å². The summed E-state index contributed by atoms with van der Waals surface area (Å²) in [4.78, 5) is 15.9. The second-order valence-electron chi connectivity index (χ2n) is 18.1. The van der Waals surface area contributed by atoms with E-state index in [4.69, 9.17) is 21.5 Å². The van der Waals surface area contributed by atoms with Crippen molar-refractivity contribution in [2.45, 2.75) is 32.2 Å². The van der Waals surface area contributed by atoms with Crippen molar-refractivity contribution in [3.05, 3.63) is 225 Å². The fourth-order valence-electron chi connectivity index (χ4n) is 11.2. The molecule has 0 spiro atoms. The van der Waals surface area contributed by atoms with Crippen molar-refractivity contribution in [2.75, 3.05) is 0 Å². The Bertz CT molecular complexity index is 3930. The quantitative estimate of drug-likeness (QED) is 0.143. The number of fused-ring (bicyclic) bond motifs is 10. The molecule has 0 fully saturated rings. The maximum Gasteiger partial charge on any atom is 0.238 e. The Hall–Kier alpha value is -8.74. The summed E-state index contributed by atoms with van der Waals surface area (Å²) in [5.74, 6) is 1.77. The minimum atomic E-state index is -0.168. The lowest BCUT2D eigenvalue weighted by molar-refractivity contribution is -0.741. The van der Waals surface area contributed by atoms with Gasteiger partial charge in [-0.2, -0.15) is 14.5 Å². The number of pyridine rings is 1. The topological polar surface area (TPSA) is 52.4 Å². The van der Waals surface area contributed by atoms with Crippen LogP contribution in [0.5, 0.6) is 0 Å². The lowest BCUT2D eigenvalue weighted by Crippen LogP contribution is -2.59. The van der Waals surface area contributed by atoms with E-state index in [9.17, 15) is 0 Å². The highest BCUT2D eigenvalue weighted by molar-refractivity contribution is 6.24. The highest BCUT2D eigenvalue weighted by atomic mass is 15.2. The molecule has 13 rings (SSSR count). The van der Waals surface area contributed by atoms with E-state index in [0.29, 0.717) is 17.6 Å². The fourth-order valence-corrected chi connectivity index (χ4v) is 11.2. The normalized spacial score (nSPS) is 13.0. The number of hydrogen-bond donors (Lipinski definition) is 0. The number of aromatic nitrogens is 6. The van der Waals surface area contributed by atoms with Gasteiger partial charge in [0.15, 0.2) is 23.4 Å². The first-order chi connectivity index (χ1) is 34.0. The van der Waals surface area contributed by atoms with Crippen molar-refractivity contribution in [1.29, 1.82) is 0 Å². The van der Waals surface area contributed by atoms with Crippen LogP contribution in [0.1, 0.15) is 32.3 Å². The van der Waals surface area contributed by atoms with E-state index in [-0.39, 0.29) is 5.54 Å². The molecule has 4 aromatic heterocycles. The maximum absolute atomic E-state index is 5.39. The summed E-state index contributed by atoms with van der Waals surface area (Å²) in [5.41, 5.74) is 16.4. The van der Waals surface area contributed by atoms with Crippen LogP contribution < -0.4 is 4.57 Å². The average molecular weight is 888 g/mol. The van der Waals surface area contributed by atoms with Gasteiger partial charge in [0.2, 0.25) is 11.6 Å². The Morgan fingerprint density at radius 2 is 1.00 bits per heavy atom. The third kappa shape index (κ3) is 6.25. The Balaban J connectivity index is 1.12. The molecule has 0 unspecified atom stereocenters. The van der Waals surface area contributed by atoms with Crippen molar-refractivity contribution >= 4 is 49.2 Å². The average Bonchev–Trinajstić information content (AvgIpc) is 3.95. The predicted octanol–water partition coefficient (Wildman–Crippen LogP) is 15.2. The lowest BCUT2D eigenvalue weighted by Gasteiger charge is -2.34. The van der Waals surface area contributed by atoms with Crippen LogP contribution in [0.4, 0.5) is 0 Å². The van der Waals surface area contributed by atoms with E-state index >= 15 is 0 Å². The molecule has 328 valence electrons. The Morgan fingerprint density at radius 1 is 0.435 bits per heavy atom. The van der Waals surface area contributed by atoms with Gasteiger partial charge in [0, 0.05) is 68.9 Å². The molecular weight excluding hydrogens is 841 g/mol. The first-order valence-corrected chi connectivity index (χ1v) is 23.9. The monoisotopic (exact) mass is 887 g/mol. The van der Waals surface area contributed by atoms with Crippen LogP contribution >= 0.6 is 0 Å². The van der Waals surface area contributed by atoms with Crippen LogP contribution in [-0.2, 0) is 5.54 Å². The first-order valence-electron chi connectivity index (χ1n) is 23.9. The second-order valence-corrected chi connectivity index (χ2v) is 18.1. The third-order valence-electron chi connectivity index (χ3n) is 14.7. The maximum atomic E-state index is 5.39. The number of benzene rings is 8. The van der Waals surface area contributed by atoms with Crippen molar-refractivity contribution in [2.24, 2.45) is 0 Å². The molecule has 0 radical (unpaired) electrons. The zero-order valence-corrected chi connectivity index (χ0v) is 38.5. The summed E-state index contributed by atoms with van der Waals surface area (Å²) in [6.07, 6.45) is 4.17. The molecule has 6 heteroatoms. The van der Waals surface area contributed by atoms with Gasteiger partial charge >= 0.3 is 0 Å². The zero-order valence-electron chi connectivity index (χ0n) is 38.5. The van der Waals surface area contributed by atoms with Gasteiger partial charge in [0.25, 0.3) is 0 Å². The molecule has 1 aliphatic heterocycles. The van der Waals surface area contributed by atoms with E-state index in [2.05, 4.69) is 204 Å². The molecule has 0 bridgehead atoms. The highest BCUT2D eigenvalue weighted by Crippen LogP contribution is 2.46. The predicted molar refractivity (Wildman–Crippen MR) is 283 cm³/mol. The van der Waals surface area contributed by atoms with Gasteiger partial charge in [-0.15, -0.1) is 0 Å². The fraction of sp³-hybridized carbons (Fsp3) is 0.0794. The van der Waals surface area contributed by atoms with Crippen molar-refractivity contribution in [3.63, 3.8) is 0 Å². The van der Waals surface area contributed by atoms with Crippen LogP contribution in [0.25, 0.3) is 117 Å². The third-order valence-corrected chi connectivity index (χ3v) is 14.7. The van der Waals surface area contributed by atoms with E-state index in [1.165, 1.54) is 33.3 Å². The van der Waals surface area contributed by atoms with Crippen molar-refractivity contribution in [3.8, 4) is 67.9 Å². The summed E-state index contributed by atoms with van der Waals surface area (Å²) in [5, 5.41) is 4.53. The number of allylic oxidation sites excluding steroid dienone is 1. The standard InChI is InChI=1S/C63H47N6/c1-4-63(5-2)41(3)49-33-31-46(39-53(49)55-29-17-18-37-67(55)63)47-32-36-57-54(40-47)52-35-34-51-50-28-15-16-30-56(50)68(48-27-19-26-45(38-48)42-20-9-6-10-21-42)58(51)59(52)69(57)62-65-60(43-22-11-7-12-23-43)64-61(66-62)44-24-13-8-14-25-44/h6-40H,3-5H2,1-2H3/q+1. The smallest absolute Gasteiger partial charge is 0.238 e. The molecule has 0 saturated carbocycles. The van der Waals surface area contributed by atoms with E-state index < -0.39 is 0 Å². The zero-order chi connectivity index (χ0) is 46.2. The molecule has 12 aromatic rings. The molecule has 69 heavy (non-hydrogen) atoms. The number of hydrogen-bond acceptors (Lipinski definition) is 3. The minimum Gasteiger partial charge on any atom is -0.307 e. The number of nitrogens with zero attached hydrogens (tertiary/aromatic N) is 6. The molecule has 0 saturated heterocycles. The van der Waals surface area contributed by atoms with Crippen LogP contribution in [0, 0.1) is 0 Å². The van der Waals surface area contributed by atoms with E-state index in [0.717, 1.165) is 84.6 Å². The van der Waals surface area contributed by atoms with Crippen molar-refractivity contribution in [1.82, 2.24) is 24.1 Å². The van der Waals surface area contributed by atoms with Gasteiger partial charge < -0.3 is 4.57 Å². The van der Waals surface area contributed by atoms with Crippen LogP contribution in [0.15, 0.2) is 219 Å². The summed E-state index contributed by atoms with van der Waals surface area (Å²) in [7, 11) is 0. The first kappa shape index (κ1) is 40.5. The summed E-state index contributed by atoms with van der Waals surface area (Å²) in [6, 6.07) is 73.7. The van der Waals surface area contributed by atoms with Crippen LogP contribution in [0.3, 0.4) is 0 Å². The van der Waals surface area contributed by atoms with Gasteiger partial charge in [0.1, 0.15) is 0 Å². The Kier molecular flexibility index (Phi) is 9.37. The Labute approximate surface area is 400 Å². The lowest BCUT2D eigenvalue weighted by atomic mass is 9.75. The summed E-state index contributed by atoms with van der Waals surface area (Å²) >= 11 is 0.